The van der Waals surface area contributed by atoms with Crippen molar-refractivity contribution in [2.75, 3.05) is 0 Å². The van der Waals surface area contributed by atoms with Crippen LogP contribution in [0.4, 0.5) is 0 Å². The molecule has 33 heavy (non-hydrogen) atoms. The van der Waals surface area contributed by atoms with Gasteiger partial charge >= 0.3 is 0 Å². The normalized spacial score (nSPS) is 13.7. The lowest BCUT2D eigenvalue weighted by molar-refractivity contribution is 1.25. The smallest absolute Gasteiger partial charge is 0.0181 e. The Morgan fingerprint density at radius 3 is 2.03 bits per heavy atom. The molecule has 0 atom stereocenters. The fourth-order valence-corrected chi connectivity index (χ4v) is 6.11. The van der Waals surface area contributed by atoms with Crippen LogP contribution in [0.3, 0.4) is 0 Å². The summed E-state index contributed by atoms with van der Waals surface area (Å²) in [6.07, 6.45) is 11.3. The van der Waals surface area contributed by atoms with E-state index in [9.17, 15) is 0 Å². The molecule has 0 bridgehead atoms. The second-order valence-corrected chi connectivity index (χ2v) is 9.91. The fraction of sp³-hybridized carbons (Fsp3) is 0.0625. The van der Waals surface area contributed by atoms with Gasteiger partial charge in [0.25, 0.3) is 0 Å². The van der Waals surface area contributed by atoms with Crippen LogP contribution in [-0.2, 0) is 12.8 Å². The first-order chi connectivity index (χ1) is 16.3. The van der Waals surface area contributed by atoms with Crippen LogP contribution in [0.2, 0.25) is 0 Å². The van der Waals surface area contributed by atoms with Gasteiger partial charge in [0.1, 0.15) is 0 Å². The van der Waals surface area contributed by atoms with Crippen molar-refractivity contribution in [3.8, 4) is 22.3 Å². The highest BCUT2D eigenvalue weighted by molar-refractivity contribution is 9.10. The monoisotopic (exact) mass is 484 g/mol. The van der Waals surface area contributed by atoms with E-state index in [2.05, 4.69) is 119 Å². The van der Waals surface area contributed by atoms with Gasteiger partial charge in [-0.3, -0.25) is 0 Å². The van der Waals surface area contributed by atoms with E-state index in [0.29, 0.717) is 0 Å². The minimum absolute atomic E-state index is 0.979. The fourth-order valence-electron chi connectivity index (χ4n) is 5.71. The summed E-state index contributed by atoms with van der Waals surface area (Å²) in [5.74, 6) is 0. The largest absolute Gasteiger partial charge is 0.0795 e. The van der Waals surface area contributed by atoms with E-state index >= 15 is 0 Å². The predicted octanol–water partition coefficient (Wildman–Crippen LogP) is 9.23. The molecule has 5 aromatic carbocycles. The lowest BCUT2D eigenvalue weighted by Gasteiger charge is -2.25. The van der Waals surface area contributed by atoms with Crippen LogP contribution in [-0.4, -0.2) is 0 Å². The Kier molecular flexibility index (Phi) is 4.22. The molecule has 156 valence electrons. The molecule has 0 heterocycles. The lowest BCUT2D eigenvalue weighted by Crippen LogP contribution is -2.04. The summed E-state index contributed by atoms with van der Waals surface area (Å²) in [5, 5.41) is 5.49. The molecule has 5 aromatic rings. The third kappa shape index (κ3) is 2.89. The zero-order valence-electron chi connectivity index (χ0n) is 18.1. The molecule has 1 heteroatoms. The number of hydrogen-bond donors (Lipinski definition) is 0. The summed E-state index contributed by atoms with van der Waals surface area (Å²) in [4.78, 5) is 0. The van der Waals surface area contributed by atoms with E-state index in [1.165, 1.54) is 66.1 Å². The molecular weight excluding hydrogens is 464 g/mol. The van der Waals surface area contributed by atoms with Gasteiger partial charge in [0, 0.05) is 4.47 Å². The summed E-state index contributed by atoms with van der Waals surface area (Å²) in [5.41, 5.74) is 10.9. The molecule has 0 N–H and O–H groups in total. The van der Waals surface area contributed by atoms with Crippen LogP contribution in [0.1, 0.15) is 22.3 Å². The topological polar surface area (TPSA) is 0 Å². The molecule has 2 aliphatic carbocycles. The zero-order valence-corrected chi connectivity index (χ0v) is 19.7. The highest BCUT2D eigenvalue weighted by atomic mass is 79.9. The summed E-state index contributed by atoms with van der Waals surface area (Å²) in [6, 6.07) is 29.0. The maximum Gasteiger partial charge on any atom is 0.0181 e. The molecule has 0 nitrogen and oxygen atoms in total. The molecule has 2 aliphatic rings. The summed E-state index contributed by atoms with van der Waals surface area (Å²) >= 11 is 3.67. The predicted molar refractivity (Wildman–Crippen MR) is 146 cm³/mol. The average molecular weight is 485 g/mol. The van der Waals surface area contributed by atoms with Crippen molar-refractivity contribution in [1.82, 2.24) is 0 Å². The van der Waals surface area contributed by atoms with E-state index < -0.39 is 0 Å². The van der Waals surface area contributed by atoms with Gasteiger partial charge < -0.3 is 0 Å². The molecule has 0 spiro atoms. The van der Waals surface area contributed by atoms with E-state index in [-0.39, 0.29) is 0 Å². The zero-order chi connectivity index (χ0) is 21.9. The Morgan fingerprint density at radius 1 is 0.576 bits per heavy atom. The molecular formula is C32H21Br. The molecule has 0 saturated heterocycles. The third-order valence-electron chi connectivity index (χ3n) is 7.11. The number of fused-ring (bicyclic) bond motifs is 1. The highest BCUT2D eigenvalue weighted by Crippen LogP contribution is 2.46. The molecule has 0 unspecified atom stereocenters. The van der Waals surface area contributed by atoms with E-state index in [0.717, 1.165) is 17.3 Å². The molecule has 7 rings (SSSR count). The maximum absolute atomic E-state index is 3.67. The van der Waals surface area contributed by atoms with E-state index in [1.54, 1.807) is 0 Å². The third-order valence-corrected chi connectivity index (χ3v) is 7.60. The first kappa shape index (κ1) is 19.1. The molecule has 0 aliphatic heterocycles. The number of benzene rings is 5. The molecule has 0 radical (unpaired) electrons. The van der Waals surface area contributed by atoms with Gasteiger partial charge in [-0.2, -0.15) is 0 Å². The lowest BCUT2D eigenvalue weighted by atomic mass is 9.78. The van der Waals surface area contributed by atoms with Crippen molar-refractivity contribution in [2.45, 2.75) is 12.8 Å². The first-order valence-electron chi connectivity index (χ1n) is 11.5. The van der Waals surface area contributed by atoms with Gasteiger partial charge in [-0.15, -0.1) is 0 Å². The highest BCUT2D eigenvalue weighted by Gasteiger charge is 2.23. The number of hydrogen-bond acceptors (Lipinski definition) is 0. The van der Waals surface area contributed by atoms with Gasteiger partial charge in [0.05, 0.1) is 0 Å². The van der Waals surface area contributed by atoms with Gasteiger partial charge in [-0.1, -0.05) is 94.8 Å². The first-order valence-corrected chi connectivity index (χ1v) is 12.3. The van der Waals surface area contributed by atoms with E-state index in [4.69, 9.17) is 0 Å². The van der Waals surface area contributed by atoms with Gasteiger partial charge in [-0.25, -0.2) is 0 Å². The molecule has 0 aromatic heterocycles. The molecule has 0 amide bonds. The van der Waals surface area contributed by atoms with Crippen LogP contribution in [0.5, 0.6) is 0 Å². The van der Waals surface area contributed by atoms with Crippen molar-refractivity contribution >= 4 is 49.6 Å². The van der Waals surface area contributed by atoms with Crippen LogP contribution in [0.25, 0.3) is 56.0 Å². The van der Waals surface area contributed by atoms with Crippen LogP contribution in [0.15, 0.2) is 95.5 Å². The van der Waals surface area contributed by atoms with Crippen molar-refractivity contribution in [3.63, 3.8) is 0 Å². The Morgan fingerprint density at radius 2 is 1.24 bits per heavy atom. The van der Waals surface area contributed by atoms with Crippen LogP contribution in [0, 0.1) is 0 Å². The number of halogens is 1. The van der Waals surface area contributed by atoms with Crippen molar-refractivity contribution in [3.05, 3.63) is 118 Å². The average Bonchev–Trinajstić information content (AvgIpc) is 2.86. The minimum Gasteiger partial charge on any atom is -0.0795 e. The Hall–Kier alpha value is -3.42. The van der Waals surface area contributed by atoms with Gasteiger partial charge in [0.15, 0.2) is 0 Å². The summed E-state index contributed by atoms with van der Waals surface area (Å²) in [7, 11) is 0. The minimum atomic E-state index is 0.979. The summed E-state index contributed by atoms with van der Waals surface area (Å²) in [6.45, 7) is 0. The van der Waals surface area contributed by atoms with Crippen molar-refractivity contribution in [1.29, 1.82) is 0 Å². The Labute approximate surface area is 202 Å². The Balaban J connectivity index is 1.59. The van der Waals surface area contributed by atoms with Crippen LogP contribution < -0.4 is 0 Å². The molecule has 0 fully saturated rings. The second-order valence-electron chi connectivity index (χ2n) is 8.99. The number of rotatable bonds is 2. The standard InChI is InChI=1S/C32H21Br/c33-24-12-3-9-21(17-24)29-18-22-10-6-16-28-30(19-23-11-5-15-27(29)31(23)32(22)28)26-14-4-8-20-7-1-2-13-25(20)26/h1-9,12-19H,10-11H2. The molecule has 0 saturated carbocycles. The van der Waals surface area contributed by atoms with Gasteiger partial charge in [0.2, 0.25) is 0 Å². The maximum atomic E-state index is 3.67. The van der Waals surface area contributed by atoms with Crippen molar-refractivity contribution in [2.24, 2.45) is 0 Å². The second kappa shape index (κ2) is 7.30. The Bertz CT molecular complexity index is 1660. The van der Waals surface area contributed by atoms with E-state index in [1.807, 2.05) is 0 Å². The van der Waals surface area contributed by atoms with Gasteiger partial charge in [-0.05, 0) is 103 Å². The quantitative estimate of drug-likeness (QED) is 0.234. The van der Waals surface area contributed by atoms with Crippen LogP contribution >= 0.6 is 15.9 Å². The number of allylic oxidation sites excluding steroid dienone is 2. The van der Waals surface area contributed by atoms with Crippen molar-refractivity contribution < 1.29 is 0 Å². The summed E-state index contributed by atoms with van der Waals surface area (Å²) < 4.78 is 1.12. The SMILES string of the molecule is Brc1cccc(-c2cc3c4c(c(-c5cccc6ccccc56)cc5c4c2C=CC5)C=CC3)c1.